The number of aliphatic hydroxyl groups is 6. The topological polar surface area (TPSA) is 185 Å². The maximum absolute atomic E-state index is 12.5. The Balaban J connectivity index is 1.72. The quantitative estimate of drug-likeness (QED) is 0.196. The average Bonchev–Trinajstić information content (AvgIpc) is 2.97. The van der Waals surface area contributed by atoms with Gasteiger partial charge in [0.25, 0.3) is 0 Å². The van der Waals surface area contributed by atoms with E-state index in [0.717, 1.165) is 64.2 Å². The van der Waals surface area contributed by atoms with Crippen molar-refractivity contribution >= 4 is 5.97 Å². The minimum atomic E-state index is -1.73. The Labute approximate surface area is 248 Å². The molecule has 4 heterocycles. The van der Waals surface area contributed by atoms with Crippen molar-refractivity contribution in [1.29, 1.82) is 0 Å². The lowest BCUT2D eigenvalue weighted by Gasteiger charge is -2.46. The summed E-state index contributed by atoms with van der Waals surface area (Å²) in [5, 5.41) is 62.6. The number of hydrogen-bond acceptors (Lipinski definition) is 12. The molecule has 6 N–H and O–H groups in total. The van der Waals surface area contributed by atoms with Crippen molar-refractivity contribution in [3.63, 3.8) is 0 Å². The Morgan fingerprint density at radius 3 is 1.88 bits per heavy atom. The zero-order valence-electron chi connectivity index (χ0n) is 24.7. The van der Waals surface area contributed by atoms with E-state index in [2.05, 4.69) is 12.2 Å². The second kappa shape index (κ2) is 18.6. The first-order valence-corrected chi connectivity index (χ1v) is 15.7. The zero-order chi connectivity index (χ0) is 30.5. The van der Waals surface area contributed by atoms with Gasteiger partial charge in [0.15, 0.2) is 18.7 Å². The summed E-state index contributed by atoms with van der Waals surface area (Å²) in [7, 11) is 0. The molecule has 0 radical (unpaired) electrons. The Morgan fingerprint density at radius 1 is 0.643 bits per heavy atom. The number of ether oxygens (including phenoxy) is 5. The molecule has 12 heteroatoms. The van der Waals surface area contributed by atoms with E-state index in [1.807, 2.05) is 6.92 Å². The Kier molecular flexibility index (Phi) is 15.6. The highest BCUT2D eigenvalue weighted by Crippen LogP contribution is 2.31. The molecular weight excluding hydrogens is 552 g/mol. The molecule has 0 aliphatic carbocycles. The average molecular weight is 605 g/mol. The minimum Gasteiger partial charge on any atom is -0.457 e. The maximum Gasteiger partial charge on any atom is 0.306 e. The molecule has 0 aromatic carbocycles. The first-order valence-electron chi connectivity index (χ1n) is 15.7. The normalized spacial score (nSPS) is 41.9. The van der Waals surface area contributed by atoms with Crippen LogP contribution in [0.3, 0.4) is 0 Å². The molecule has 0 saturated carbocycles. The predicted octanol–water partition coefficient (Wildman–Crippen LogP) is 1.21. The molecule has 1 unspecified atom stereocenters. The van der Waals surface area contributed by atoms with E-state index < -0.39 is 80.6 Å². The van der Waals surface area contributed by atoms with Crippen molar-refractivity contribution < 1.29 is 59.1 Å². The van der Waals surface area contributed by atoms with E-state index >= 15 is 0 Å². The van der Waals surface area contributed by atoms with Gasteiger partial charge in [-0.2, -0.15) is 0 Å². The fraction of sp³-hybridized carbons (Fsp3) is 0.900. The number of esters is 1. The number of allylic oxidation sites excluding steroid dienone is 2. The Bertz CT molecular complexity index is 794. The van der Waals surface area contributed by atoms with Gasteiger partial charge in [-0.15, -0.1) is 0 Å². The maximum atomic E-state index is 12.5. The largest absolute Gasteiger partial charge is 0.457 e. The van der Waals surface area contributed by atoms with Gasteiger partial charge in [0.1, 0.15) is 42.7 Å². The second-order valence-electron chi connectivity index (χ2n) is 11.7. The highest BCUT2D eigenvalue weighted by molar-refractivity contribution is 5.69. The van der Waals surface area contributed by atoms with Gasteiger partial charge in [-0.25, -0.2) is 0 Å². The molecule has 2 fully saturated rings. The van der Waals surface area contributed by atoms with Gasteiger partial charge < -0.3 is 54.3 Å². The summed E-state index contributed by atoms with van der Waals surface area (Å²) in [4.78, 5) is 12.5. The molecule has 0 aromatic heterocycles. The van der Waals surface area contributed by atoms with Gasteiger partial charge in [0.05, 0.1) is 19.3 Å². The number of rotatable bonds is 2. The molecule has 4 aliphatic rings. The van der Waals surface area contributed by atoms with Crippen LogP contribution in [0.4, 0.5) is 0 Å². The van der Waals surface area contributed by atoms with Crippen LogP contribution in [-0.4, -0.2) is 117 Å². The van der Waals surface area contributed by atoms with Gasteiger partial charge in [-0.3, -0.25) is 4.79 Å². The highest BCUT2D eigenvalue weighted by Gasteiger charge is 2.52. The minimum absolute atomic E-state index is 0.129. The highest BCUT2D eigenvalue weighted by atomic mass is 16.8. The Hall–Kier alpha value is -1.19. The van der Waals surface area contributed by atoms with Crippen LogP contribution in [0.5, 0.6) is 0 Å². The molecule has 244 valence electrons. The van der Waals surface area contributed by atoms with E-state index in [-0.39, 0.29) is 12.5 Å². The first kappa shape index (κ1) is 35.3. The Morgan fingerprint density at radius 2 is 1.21 bits per heavy atom. The smallest absolute Gasteiger partial charge is 0.306 e. The zero-order valence-corrected chi connectivity index (χ0v) is 24.7. The number of carbonyl (C=O) groups is 1. The molecule has 2 saturated heterocycles. The van der Waals surface area contributed by atoms with E-state index in [4.69, 9.17) is 23.7 Å². The van der Waals surface area contributed by atoms with Gasteiger partial charge >= 0.3 is 5.97 Å². The summed E-state index contributed by atoms with van der Waals surface area (Å²) in [6.45, 7) is 0.625. The fourth-order valence-corrected chi connectivity index (χ4v) is 5.63. The van der Waals surface area contributed by atoms with Crippen molar-refractivity contribution in [3.05, 3.63) is 12.2 Å². The lowest BCUT2D eigenvalue weighted by molar-refractivity contribution is -0.371. The van der Waals surface area contributed by atoms with Crippen LogP contribution in [0.2, 0.25) is 0 Å². The molecule has 11 atom stereocenters. The molecule has 2 bridgehead atoms. The third kappa shape index (κ3) is 10.5. The standard InChI is InChI=1S/C30H52O12/c1-19-15-13-11-9-7-5-3-2-4-6-8-10-12-14-16-22(33)41-27-21(18-32)40-29(26(37)25(27)36)42-28-24(35)23(34)20(17-31)39-30(28)38-19/h2-3,19-21,23-32,34-37H,4-18H2,1H3/b3-2+/t19?,20-,21-,23-,24+,25-,26-,27-,28-,29+,30-/m1/s1. The van der Waals surface area contributed by atoms with Gasteiger partial charge in [0, 0.05) is 6.42 Å². The van der Waals surface area contributed by atoms with Gasteiger partial charge in [-0.1, -0.05) is 50.7 Å². The molecule has 12 nitrogen and oxygen atoms in total. The summed E-state index contributed by atoms with van der Waals surface area (Å²) in [6.07, 6.45) is 1.47. The van der Waals surface area contributed by atoms with Crippen LogP contribution in [0.25, 0.3) is 0 Å². The first-order chi connectivity index (χ1) is 20.3. The molecule has 42 heavy (non-hydrogen) atoms. The molecule has 0 amide bonds. The predicted molar refractivity (Wildman–Crippen MR) is 150 cm³/mol. The van der Waals surface area contributed by atoms with E-state index in [9.17, 15) is 35.4 Å². The number of fused-ring (bicyclic) bond motifs is 19. The van der Waals surface area contributed by atoms with Crippen molar-refractivity contribution in [2.24, 2.45) is 0 Å². The van der Waals surface area contributed by atoms with Crippen LogP contribution >= 0.6 is 0 Å². The van der Waals surface area contributed by atoms with Crippen LogP contribution in [-0.2, 0) is 28.5 Å². The van der Waals surface area contributed by atoms with E-state index in [0.29, 0.717) is 12.8 Å². The van der Waals surface area contributed by atoms with Crippen molar-refractivity contribution in [2.45, 2.75) is 158 Å². The molecule has 0 spiro atoms. The fourth-order valence-electron chi connectivity index (χ4n) is 5.63. The SMILES string of the molecule is CC1CCCCCC/C=C/CCCCCCCC(=O)O[C@H]2[C@H](O)[C@@H](O)[C@H](O[C@H]3[C@H](O1)O[C@H](CO)[C@@H](O)[C@@H]3O)O[C@@H]2CO. The van der Waals surface area contributed by atoms with Gasteiger partial charge in [-0.05, 0) is 45.4 Å². The molecular formula is C30H52O12. The van der Waals surface area contributed by atoms with E-state index in [1.165, 1.54) is 0 Å². The monoisotopic (exact) mass is 604 g/mol. The van der Waals surface area contributed by atoms with Crippen LogP contribution in [0.15, 0.2) is 12.2 Å². The van der Waals surface area contributed by atoms with Crippen molar-refractivity contribution in [1.82, 2.24) is 0 Å². The summed E-state index contributed by atoms with van der Waals surface area (Å²) in [5.41, 5.74) is 0. The van der Waals surface area contributed by atoms with Crippen LogP contribution in [0, 0.1) is 0 Å². The molecule has 4 rings (SSSR count). The third-order valence-electron chi connectivity index (χ3n) is 8.22. The summed E-state index contributed by atoms with van der Waals surface area (Å²) in [6, 6.07) is 0. The summed E-state index contributed by atoms with van der Waals surface area (Å²) >= 11 is 0. The van der Waals surface area contributed by atoms with E-state index in [1.54, 1.807) is 0 Å². The molecule has 4 aliphatic heterocycles. The van der Waals surface area contributed by atoms with Crippen molar-refractivity contribution in [3.8, 4) is 0 Å². The third-order valence-corrected chi connectivity index (χ3v) is 8.22. The number of hydrogen-bond donors (Lipinski definition) is 6. The van der Waals surface area contributed by atoms with Crippen LogP contribution in [0.1, 0.15) is 90.4 Å². The van der Waals surface area contributed by atoms with Gasteiger partial charge in [0.2, 0.25) is 0 Å². The van der Waals surface area contributed by atoms with Crippen LogP contribution < -0.4 is 0 Å². The summed E-state index contributed by atoms with van der Waals surface area (Å²) < 4.78 is 28.7. The van der Waals surface area contributed by atoms with Crippen molar-refractivity contribution in [2.75, 3.05) is 13.2 Å². The second-order valence-corrected chi connectivity index (χ2v) is 11.7. The number of carbonyl (C=O) groups excluding carboxylic acids is 1. The molecule has 0 aromatic rings. The lowest BCUT2D eigenvalue weighted by Crippen LogP contribution is -2.65. The summed E-state index contributed by atoms with van der Waals surface area (Å²) in [5.74, 6) is -0.575. The number of aliphatic hydroxyl groups excluding tert-OH is 6. The lowest BCUT2D eigenvalue weighted by atomic mass is 9.97.